The zero-order valence-corrected chi connectivity index (χ0v) is 23.5. The van der Waals surface area contributed by atoms with Gasteiger partial charge >= 0.3 is 0 Å². The predicted octanol–water partition coefficient (Wildman–Crippen LogP) is 3.97. The normalized spacial score (nSPS) is 14.8. The summed E-state index contributed by atoms with van der Waals surface area (Å²) in [6, 6.07) is 9.59. The molecule has 0 atom stereocenters. The SMILES string of the molecule is CCN(CC)CCN(C(=O)c1ccc(S(=O)(=O)N2CCOCC2)cc1)c1nc2c(OC)ccc(Cl)c2s1. The van der Waals surface area contributed by atoms with Gasteiger partial charge in [-0.1, -0.05) is 36.8 Å². The molecule has 1 fully saturated rings. The van der Waals surface area contributed by atoms with Crippen LogP contribution in [0.5, 0.6) is 5.75 Å². The van der Waals surface area contributed by atoms with E-state index >= 15 is 0 Å². The molecule has 0 saturated carbocycles. The van der Waals surface area contributed by atoms with Crippen LogP contribution in [0.1, 0.15) is 24.2 Å². The predicted molar refractivity (Wildman–Crippen MR) is 147 cm³/mol. The van der Waals surface area contributed by atoms with Gasteiger partial charge in [-0.15, -0.1) is 0 Å². The molecule has 3 aromatic rings. The molecule has 0 radical (unpaired) electrons. The maximum atomic E-state index is 13.7. The number of ether oxygens (including phenoxy) is 2. The number of amides is 1. The van der Waals surface area contributed by atoms with E-state index in [1.807, 2.05) is 0 Å². The van der Waals surface area contributed by atoms with Crippen molar-refractivity contribution in [1.82, 2.24) is 14.2 Å². The molecule has 1 aromatic heterocycles. The zero-order chi connectivity index (χ0) is 26.6. The van der Waals surface area contributed by atoms with Crippen molar-refractivity contribution >= 4 is 54.2 Å². The van der Waals surface area contributed by atoms with Gasteiger partial charge in [0.2, 0.25) is 10.0 Å². The number of hydrogen-bond donors (Lipinski definition) is 0. The molecular weight excluding hydrogens is 536 g/mol. The first-order chi connectivity index (χ1) is 17.8. The first-order valence-corrected chi connectivity index (χ1v) is 14.8. The third-order valence-electron chi connectivity index (χ3n) is 6.39. The Kier molecular flexibility index (Phi) is 9.04. The third-order valence-corrected chi connectivity index (χ3v) is 9.84. The van der Waals surface area contributed by atoms with Crippen LogP contribution in [0, 0.1) is 0 Å². The van der Waals surface area contributed by atoms with Gasteiger partial charge in [-0.3, -0.25) is 9.69 Å². The molecule has 12 heteroatoms. The summed E-state index contributed by atoms with van der Waals surface area (Å²) < 4.78 is 38.9. The number of rotatable bonds is 10. The summed E-state index contributed by atoms with van der Waals surface area (Å²) in [6.07, 6.45) is 0. The van der Waals surface area contributed by atoms with E-state index in [9.17, 15) is 13.2 Å². The molecule has 0 unspecified atom stereocenters. The molecule has 200 valence electrons. The van der Waals surface area contributed by atoms with E-state index in [1.165, 1.54) is 27.8 Å². The lowest BCUT2D eigenvalue weighted by Gasteiger charge is -2.26. The number of halogens is 1. The lowest BCUT2D eigenvalue weighted by molar-refractivity contribution is 0.0730. The first kappa shape index (κ1) is 27.7. The van der Waals surface area contributed by atoms with Gasteiger partial charge < -0.3 is 14.4 Å². The zero-order valence-electron chi connectivity index (χ0n) is 21.1. The standard InChI is InChI=1S/C25H31ClN4O5S2/c1-4-28(5-2)12-13-30(25-27-22-21(34-3)11-10-20(26)23(22)36-25)24(31)18-6-8-19(9-7-18)37(32,33)29-14-16-35-17-15-29/h6-11H,4-5,12-17H2,1-3H3. The van der Waals surface area contributed by atoms with Gasteiger partial charge in [0.05, 0.1) is 34.9 Å². The number of carbonyl (C=O) groups excluding carboxylic acids is 1. The number of morpholine rings is 1. The molecular formula is C25H31ClN4O5S2. The minimum atomic E-state index is -3.65. The van der Waals surface area contributed by atoms with Crippen molar-refractivity contribution in [3.8, 4) is 5.75 Å². The average Bonchev–Trinajstić information content (AvgIpc) is 3.38. The Morgan fingerprint density at radius 1 is 1.11 bits per heavy atom. The number of aromatic nitrogens is 1. The minimum absolute atomic E-state index is 0.150. The summed E-state index contributed by atoms with van der Waals surface area (Å²) in [7, 11) is -2.09. The van der Waals surface area contributed by atoms with Gasteiger partial charge in [-0.05, 0) is 49.5 Å². The Labute approximate surface area is 226 Å². The smallest absolute Gasteiger partial charge is 0.260 e. The number of benzene rings is 2. The molecule has 0 spiro atoms. The van der Waals surface area contributed by atoms with Gasteiger partial charge in [0.25, 0.3) is 5.91 Å². The Hall–Kier alpha value is -2.28. The minimum Gasteiger partial charge on any atom is -0.494 e. The Balaban J connectivity index is 1.66. The van der Waals surface area contributed by atoms with Gasteiger partial charge in [0.1, 0.15) is 11.3 Å². The van der Waals surface area contributed by atoms with Crippen molar-refractivity contribution in [3.05, 3.63) is 47.0 Å². The lowest BCUT2D eigenvalue weighted by atomic mass is 10.2. The molecule has 9 nitrogen and oxygen atoms in total. The first-order valence-electron chi connectivity index (χ1n) is 12.1. The third kappa shape index (κ3) is 5.92. The molecule has 2 heterocycles. The monoisotopic (exact) mass is 566 g/mol. The van der Waals surface area contributed by atoms with Crippen LogP contribution >= 0.6 is 22.9 Å². The molecule has 1 amide bonds. The second-order valence-electron chi connectivity index (χ2n) is 8.45. The molecule has 4 rings (SSSR count). The van der Waals surface area contributed by atoms with Crippen molar-refractivity contribution < 1.29 is 22.7 Å². The van der Waals surface area contributed by atoms with Gasteiger partial charge in [-0.2, -0.15) is 4.31 Å². The lowest BCUT2D eigenvalue weighted by Crippen LogP contribution is -2.40. The number of methoxy groups -OCH3 is 1. The van der Waals surface area contributed by atoms with Crippen molar-refractivity contribution in [2.45, 2.75) is 18.7 Å². The molecule has 37 heavy (non-hydrogen) atoms. The fourth-order valence-electron chi connectivity index (χ4n) is 4.15. The van der Waals surface area contributed by atoms with Crippen LogP contribution in [0.3, 0.4) is 0 Å². The van der Waals surface area contributed by atoms with Crippen molar-refractivity contribution in [3.63, 3.8) is 0 Å². The van der Waals surface area contributed by atoms with Crippen LogP contribution in [0.25, 0.3) is 10.2 Å². The van der Waals surface area contributed by atoms with Crippen LogP contribution in [-0.4, -0.2) is 88.1 Å². The Bertz CT molecular complexity index is 1340. The molecule has 1 aliphatic rings. The van der Waals surface area contributed by atoms with E-state index in [2.05, 4.69) is 18.7 Å². The highest BCUT2D eigenvalue weighted by Crippen LogP contribution is 2.39. The van der Waals surface area contributed by atoms with E-state index in [0.717, 1.165) is 17.8 Å². The number of anilines is 1. The fraction of sp³-hybridized carbons (Fsp3) is 0.440. The van der Waals surface area contributed by atoms with Gasteiger partial charge in [-0.25, -0.2) is 13.4 Å². The maximum absolute atomic E-state index is 13.7. The van der Waals surface area contributed by atoms with Gasteiger partial charge in [0.15, 0.2) is 5.13 Å². The Morgan fingerprint density at radius 3 is 2.41 bits per heavy atom. The summed E-state index contributed by atoms with van der Waals surface area (Å²) in [5.74, 6) is 0.312. The van der Waals surface area contributed by atoms with Crippen LogP contribution in [-0.2, 0) is 14.8 Å². The molecule has 1 saturated heterocycles. The van der Waals surface area contributed by atoms with Crippen LogP contribution in [0.2, 0.25) is 5.02 Å². The van der Waals surface area contributed by atoms with E-state index < -0.39 is 10.0 Å². The number of thiazole rings is 1. The number of sulfonamides is 1. The summed E-state index contributed by atoms with van der Waals surface area (Å²) in [6.45, 7) is 8.28. The Morgan fingerprint density at radius 2 is 1.78 bits per heavy atom. The highest BCUT2D eigenvalue weighted by atomic mass is 35.5. The fourth-order valence-corrected chi connectivity index (χ4v) is 6.84. The van der Waals surface area contributed by atoms with Crippen molar-refractivity contribution in [1.29, 1.82) is 0 Å². The van der Waals surface area contributed by atoms with E-state index in [0.29, 0.717) is 66.4 Å². The van der Waals surface area contributed by atoms with E-state index in [4.69, 9.17) is 26.1 Å². The van der Waals surface area contributed by atoms with Crippen molar-refractivity contribution in [2.75, 3.05) is 64.5 Å². The molecule has 0 aliphatic carbocycles. The summed E-state index contributed by atoms with van der Waals surface area (Å²) >= 11 is 7.76. The molecule has 1 aliphatic heterocycles. The topological polar surface area (TPSA) is 92.3 Å². The van der Waals surface area contributed by atoms with Crippen molar-refractivity contribution in [2.24, 2.45) is 0 Å². The number of carbonyl (C=O) groups is 1. The second-order valence-corrected chi connectivity index (χ2v) is 11.8. The van der Waals surface area contributed by atoms with Crippen LogP contribution in [0.15, 0.2) is 41.3 Å². The summed E-state index contributed by atoms with van der Waals surface area (Å²) in [4.78, 5) is 22.5. The number of hydrogen-bond acceptors (Lipinski definition) is 8. The number of nitrogens with zero attached hydrogens (tertiary/aromatic N) is 4. The molecule has 2 aromatic carbocycles. The van der Waals surface area contributed by atoms with Gasteiger partial charge in [0, 0.05) is 31.7 Å². The molecule has 0 N–H and O–H groups in total. The van der Waals surface area contributed by atoms with Crippen LogP contribution in [0.4, 0.5) is 5.13 Å². The quantitative estimate of drug-likeness (QED) is 0.367. The maximum Gasteiger partial charge on any atom is 0.260 e. The molecule has 0 bridgehead atoms. The van der Waals surface area contributed by atoms with E-state index in [1.54, 1.807) is 36.3 Å². The number of fused-ring (bicyclic) bond motifs is 1. The number of likely N-dealkylation sites (N-methyl/N-ethyl adjacent to an activating group) is 1. The summed E-state index contributed by atoms with van der Waals surface area (Å²) in [5.41, 5.74) is 0.973. The highest BCUT2D eigenvalue weighted by molar-refractivity contribution is 7.89. The van der Waals surface area contributed by atoms with E-state index in [-0.39, 0.29) is 10.8 Å². The average molecular weight is 567 g/mol. The second kappa shape index (κ2) is 12.1. The highest BCUT2D eigenvalue weighted by Gasteiger charge is 2.28. The largest absolute Gasteiger partial charge is 0.494 e. The summed E-state index contributed by atoms with van der Waals surface area (Å²) in [5, 5.41) is 1.04. The van der Waals surface area contributed by atoms with Crippen LogP contribution < -0.4 is 9.64 Å².